The molecule has 0 spiro atoms. The summed E-state index contributed by atoms with van der Waals surface area (Å²) in [5, 5.41) is 7.51. The van der Waals surface area contributed by atoms with Gasteiger partial charge in [-0.3, -0.25) is 4.79 Å². The third-order valence-electron chi connectivity index (χ3n) is 5.55. The number of amides is 1. The molecular weight excluding hydrogens is 475 g/mol. The lowest BCUT2D eigenvalue weighted by Crippen LogP contribution is -2.45. The smallest absolute Gasteiger partial charge is 0.372 e. The summed E-state index contributed by atoms with van der Waals surface area (Å²) in [6, 6.07) is 3.16. The lowest BCUT2D eigenvalue weighted by atomic mass is 9.90. The van der Waals surface area contributed by atoms with E-state index < -0.39 is 17.6 Å². The first-order valence-corrected chi connectivity index (χ1v) is 11.0. The summed E-state index contributed by atoms with van der Waals surface area (Å²) in [5.41, 5.74) is 0.265. The number of carbonyl (C=O) groups excluding carboxylic acids is 1. The van der Waals surface area contributed by atoms with Crippen molar-refractivity contribution in [3.8, 4) is 0 Å². The third kappa shape index (κ3) is 5.04. The maximum atomic E-state index is 13.1. The zero-order valence-corrected chi connectivity index (χ0v) is 19.9. The highest BCUT2D eigenvalue weighted by molar-refractivity contribution is 9.12. The minimum absolute atomic E-state index is 0.0321. The maximum Gasteiger partial charge on any atom is 0.416 e. The molecule has 1 unspecified atom stereocenters. The van der Waals surface area contributed by atoms with E-state index in [4.69, 9.17) is 9.84 Å². The SMILES string of the molecule is Cc1ccc(C(F)(F)F)cc1C(=O)NC1=N[N+](C)(C[C@H]2CCCO2)C(C(C)(C)C)=C1Br. The Kier molecular flexibility index (Phi) is 6.43. The summed E-state index contributed by atoms with van der Waals surface area (Å²) in [6.07, 6.45) is -2.51. The molecule has 31 heavy (non-hydrogen) atoms. The first kappa shape index (κ1) is 23.9. The lowest BCUT2D eigenvalue weighted by molar-refractivity contribution is -0.885. The number of hydrogen-bond acceptors (Lipinski definition) is 3. The Morgan fingerprint density at radius 2 is 2.00 bits per heavy atom. The Balaban J connectivity index is 1.94. The molecule has 0 aliphatic carbocycles. The monoisotopic (exact) mass is 502 g/mol. The largest absolute Gasteiger partial charge is 0.416 e. The molecule has 0 bridgehead atoms. The Bertz CT molecular complexity index is 944. The van der Waals surface area contributed by atoms with E-state index in [0.29, 0.717) is 22.4 Å². The van der Waals surface area contributed by atoms with E-state index in [1.54, 1.807) is 6.92 Å². The molecule has 2 heterocycles. The first-order chi connectivity index (χ1) is 14.2. The van der Waals surface area contributed by atoms with E-state index in [1.165, 1.54) is 6.07 Å². The molecule has 1 aromatic carbocycles. The Morgan fingerprint density at radius 3 is 2.55 bits per heavy atom. The van der Waals surface area contributed by atoms with Gasteiger partial charge in [0.05, 0.1) is 12.6 Å². The van der Waals surface area contributed by atoms with Crippen molar-refractivity contribution in [1.29, 1.82) is 0 Å². The molecule has 1 N–H and O–H groups in total. The fraction of sp³-hybridized carbons (Fsp3) is 0.545. The van der Waals surface area contributed by atoms with Crippen LogP contribution in [0.5, 0.6) is 0 Å². The average molecular weight is 503 g/mol. The van der Waals surface area contributed by atoms with Crippen molar-refractivity contribution in [2.24, 2.45) is 10.5 Å². The molecule has 0 radical (unpaired) electrons. The summed E-state index contributed by atoms with van der Waals surface area (Å²) in [7, 11) is 1.96. The normalized spacial score (nSPS) is 24.5. The molecule has 3 rings (SSSR count). The maximum absolute atomic E-state index is 13.1. The molecule has 5 nitrogen and oxygen atoms in total. The van der Waals surface area contributed by atoms with Crippen LogP contribution in [0.25, 0.3) is 0 Å². The second-order valence-electron chi connectivity index (χ2n) is 9.30. The summed E-state index contributed by atoms with van der Waals surface area (Å²) in [4.78, 5) is 12.9. The highest BCUT2D eigenvalue weighted by atomic mass is 79.9. The number of aryl methyl sites for hydroxylation is 1. The Hall–Kier alpha value is -1.71. The van der Waals surface area contributed by atoms with Gasteiger partial charge in [-0.15, -0.1) is 0 Å². The number of quaternary nitrogens is 1. The van der Waals surface area contributed by atoms with Gasteiger partial charge in [-0.1, -0.05) is 31.9 Å². The zero-order valence-electron chi connectivity index (χ0n) is 18.4. The Labute approximate surface area is 189 Å². The van der Waals surface area contributed by atoms with Gasteiger partial charge in [-0.2, -0.15) is 17.8 Å². The lowest BCUT2D eigenvalue weighted by Gasteiger charge is -2.34. The molecule has 1 amide bonds. The second kappa shape index (κ2) is 8.33. The van der Waals surface area contributed by atoms with Crippen molar-refractivity contribution >= 4 is 27.7 Å². The van der Waals surface area contributed by atoms with Crippen LogP contribution < -0.4 is 5.32 Å². The van der Waals surface area contributed by atoms with Crippen molar-refractivity contribution in [3.63, 3.8) is 0 Å². The van der Waals surface area contributed by atoms with Crippen molar-refractivity contribution in [3.05, 3.63) is 45.1 Å². The van der Waals surface area contributed by atoms with Gasteiger partial charge in [-0.05, 0) is 53.4 Å². The number of hydrogen-bond donors (Lipinski definition) is 1. The van der Waals surface area contributed by atoms with E-state index in [9.17, 15) is 18.0 Å². The minimum Gasteiger partial charge on any atom is -0.372 e. The van der Waals surface area contributed by atoms with Crippen molar-refractivity contribution < 1.29 is 27.3 Å². The number of nitrogens with zero attached hydrogens (tertiary/aromatic N) is 2. The van der Waals surface area contributed by atoms with Gasteiger partial charge in [0, 0.05) is 17.6 Å². The van der Waals surface area contributed by atoms with Crippen molar-refractivity contribution in [2.45, 2.75) is 52.8 Å². The quantitative estimate of drug-likeness (QED) is 0.566. The molecule has 0 aromatic heterocycles. The number of nitrogens with one attached hydrogen (secondary N) is 1. The number of amidine groups is 1. The summed E-state index contributed by atoms with van der Waals surface area (Å²) in [5.74, 6) is -0.314. The predicted octanol–water partition coefficient (Wildman–Crippen LogP) is 5.35. The van der Waals surface area contributed by atoms with E-state index in [1.807, 2.05) is 7.05 Å². The number of carbonyl (C=O) groups is 1. The van der Waals surface area contributed by atoms with Crippen LogP contribution in [0.3, 0.4) is 0 Å². The molecule has 2 aliphatic heterocycles. The average Bonchev–Trinajstić information content (AvgIpc) is 3.19. The molecule has 2 aliphatic rings. The van der Waals surface area contributed by atoms with E-state index in [2.05, 4.69) is 42.0 Å². The number of ether oxygens (including phenoxy) is 1. The second-order valence-corrected chi connectivity index (χ2v) is 10.1. The zero-order chi connectivity index (χ0) is 23.2. The van der Waals surface area contributed by atoms with Gasteiger partial charge in [0.1, 0.15) is 17.1 Å². The van der Waals surface area contributed by atoms with Gasteiger partial charge in [0.15, 0.2) is 5.70 Å². The molecule has 0 saturated carbocycles. The number of alkyl halides is 3. The van der Waals surface area contributed by atoms with Crippen LogP contribution in [0.15, 0.2) is 33.5 Å². The van der Waals surface area contributed by atoms with Crippen LogP contribution >= 0.6 is 15.9 Å². The molecule has 170 valence electrons. The summed E-state index contributed by atoms with van der Waals surface area (Å²) >= 11 is 3.60. The number of likely N-dealkylation sites (N-methyl/N-ethyl adjacent to an activating group) is 1. The third-order valence-corrected chi connectivity index (χ3v) is 6.30. The molecule has 2 atom stereocenters. The van der Waals surface area contributed by atoms with Gasteiger partial charge >= 0.3 is 6.18 Å². The first-order valence-electron chi connectivity index (χ1n) is 10.2. The van der Waals surface area contributed by atoms with Crippen LogP contribution in [-0.2, 0) is 10.9 Å². The number of rotatable bonds is 3. The van der Waals surface area contributed by atoms with Gasteiger partial charge < -0.3 is 10.1 Å². The molecular formula is C22H28BrF3N3O2+. The molecule has 1 saturated heterocycles. The molecule has 9 heteroatoms. The number of halogens is 4. The van der Waals surface area contributed by atoms with Gasteiger partial charge in [0.2, 0.25) is 5.84 Å². The van der Waals surface area contributed by atoms with E-state index in [-0.39, 0.29) is 21.7 Å². The highest BCUT2D eigenvalue weighted by Gasteiger charge is 2.47. The standard InChI is InChI=1S/C22H27BrF3N3O2/c1-13-8-9-14(22(24,25)26)11-16(13)20(30)27-19-17(23)18(21(2,3)4)29(5,28-19)12-15-7-6-10-31-15/h8-9,11,15H,6-7,10,12H2,1-5H3/p+1/t15-,29?/m1/s1. The number of allylic oxidation sites excluding steroid dienone is 1. The summed E-state index contributed by atoms with van der Waals surface area (Å²) in [6.45, 7) is 9.13. The van der Waals surface area contributed by atoms with Gasteiger partial charge in [-0.25, -0.2) is 0 Å². The molecule has 1 aromatic rings. The van der Waals surface area contributed by atoms with Gasteiger partial charge in [0.25, 0.3) is 5.91 Å². The van der Waals surface area contributed by atoms with Crippen LogP contribution in [0.1, 0.15) is 55.1 Å². The van der Waals surface area contributed by atoms with Crippen LogP contribution in [0.4, 0.5) is 13.2 Å². The topological polar surface area (TPSA) is 50.7 Å². The van der Waals surface area contributed by atoms with Crippen molar-refractivity contribution in [2.75, 3.05) is 20.2 Å². The van der Waals surface area contributed by atoms with Crippen LogP contribution in [0.2, 0.25) is 0 Å². The van der Waals surface area contributed by atoms with Crippen molar-refractivity contribution in [1.82, 2.24) is 5.32 Å². The predicted molar refractivity (Wildman–Crippen MR) is 117 cm³/mol. The van der Waals surface area contributed by atoms with E-state index in [0.717, 1.165) is 37.3 Å². The fourth-order valence-corrected chi connectivity index (χ4v) is 5.46. The highest BCUT2D eigenvalue weighted by Crippen LogP contribution is 2.43. The summed E-state index contributed by atoms with van der Waals surface area (Å²) < 4.78 is 46.0. The Morgan fingerprint density at radius 1 is 1.32 bits per heavy atom. The minimum atomic E-state index is -4.52. The van der Waals surface area contributed by atoms with Crippen LogP contribution in [0, 0.1) is 12.3 Å². The van der Waals surface area contributed by atoms with E-state index >= 15 is 0 Å². The number of benzene rings is 1. The fourth-order valence-electron chi connectivity index (χ4n) is 4.30. The molecule has 1 fully saturated rings. The van der Waals surface area contributed by atoms with Crippen LogP contribution in [-0.4, -0.2) is 42.6 Å².